The van der Waals surface area contributed by atoms with Gasteiger partial charge in [-0.3, -0.25) is 0 Å². The van der Waals surface area contributed by atoms with Crippen LogP contribution in [0.2, 0.25) is 0 Å². The summed E-state index contributed by atoms with van der Waals surface area (Å²) in [5, 5.41) is 0. The van der Waals surface area contributed by atoms with E-state index < -0.39 is 32.1 Å². The van der Waals surface area contributed by atoms with Crippen LogP contribution >= 0.6 is 8.60 Å². The highest BCUT2D eigenvalue weighted by atomic mass is 31.2. The summed E-state index contributed by atoms with van der Waals surface area (Å²) in [6, 6.07) is 16.0. The lowest BCUT2D eigenvalue weighted by Crippen LogP contribution is -2.06. The first-order chi connectivity index (χ1) is 14.1. The van der Waals surface area contributed by atoms with Gasteiger partial charge in [0.15, 0.2) is 0 Å². The van der Waals surface area contributed by atoms with E-state index >= 15 is 0 Å². The SMILES string of the molecule is FC(F)(F)c1ccc(OP(Oc2ccccc2)Oc2ccc(C(F)(F)F)cc2)cc1. The Balaban J connectivity index is 1.78. The Morgan fingerprint density at radius 1 is 0.467 bits per heavy atom. The molecule has 0 saturated heterocycles. The highest BCUT2D eigenvalue weighted by molar-refractivity contribution is 7.43. The van der Waals surface area contributed by atoms with Crippen molar-refractivity contribution in [2.75, 3.05) is 0 Å². The molecule has 3 rings (SSSR count). The summed E-state index contributed by atoms with van der Waals surface area (Å²) in [4.78, 5) is 0. The maximum atomic E-state index is 12.7. The van der Waals surface area contributed by atoms with E-state index in [-0.39, 0.29) is 11.5 Å². The van der Waals surface area contributed by atoms with Crippen molar-refractivity contribution in [1.82, 2.24) is 0 Å². The van der Waals surface area contributed by atoms with E-state index in [9.17, 15) is 26.3 Å². The smallest absolute Gasteiger partial charge is 0.409 e. The summed E-state index contributed by atoms with van der Waals surface area (Å²) in [5.41, 5.74) is -1.71. The first-order valence-electron chi connectivity index (χ1n) is 8.35. The van der Waals surface area contributed by atoms with Crippen LogP contribution < -0.4 is 13.6 Å². The average molecular weight is 446 g/mol. The highest BCUT2D eigenvalue weighted by Gasteiger charge is 2.31. The third-order valence-electron chi connectivity index (χ3n) is 3.65. The number of halogens is 6. The van der Waals surface area contributed by atoms with Crippen LogP contribution in [0, 0.1) is 0 Å². The summed E-state index contributed by atoms with van der Waals surface area (Å²) in [6.45, 7) is 0. The molecule has 3 aromatic rings. The van der Waals surface area contributed by atoms with Gasteiger partial charge in [-0.15, -0.1) is 0 Å². The lowest BCUT2D eigenvalue weighted by atomic mass is 10.2. The van der Waals surface area contributed by atoms with Crippen LogP contribution in [0.25, 0.3) is 0 Å². The Hall–Kier alpha value is -2.93. The van der Waals surface area contributed by atoms with Crippen molar-refractivity contribution in [3.8, 4) is 17.2 Å². The van der Waals surface area contributed by atoms with Gasteiger partial charge < -0.3 is 13.6 Å². The van der Waals surface area contributed by atoms with Gasteiger partial charge in [-0.1, -0.05) is 18.2 Å². The fraction of sp³-hybridized carbons (Fsp3) is 0.100. The van der Waals surface area contributed by atoms with Gasteiger partial charge in [0.25, 0.3) is 0 Å². The first-order valence-corrected chi connectivity index (χ1v) is 9.44. The zero-order chi connectivity index (χ0) is 21.8. The molecule has 3 aromatic carbocycles. The van der Waals surface area contributed by atoms with E-state index in [4.69, 9.17) is 13.6 Å². The molecule has 0 unspecified atom stereocenters. The van der Waals surface area contributed by atoms with Crippen LogP contribution in [-0.2, 0) is 12.4 Å². The predicted octanol–water partition coefficient (Wildman–Crippen LogP) is 7.49. The second-order valence-corrected chi connectivity index (χ2v) is 6.85. The third-order valence-corrected chi connectivity index (χ3v) is 4.73. The number of hydrogen-bond donors (Lipinski definition) is 0. The maximum Gasteiger partial charge on any atom is 0.530 e. The molecule has 0 aromatic heterocycles. The van der Waals surface area contributed by atoms with Crippen molar-refractivity contribution in [1.29, 1.82) is 0 Å². The van der Waals surface area contributed by atoms with E-state index in [0.717, 1.165) is 48.5 Å². The Kier molecular flexibility index (Phi) is 6.41. The molecule has 0 bridgehead atoms. The molecular weight excluding hydrogens is 433 g/mol. The molecule has 0 aliphatic rings. The summed E-state index contributed by atoms with van der Waals surface area (Å²) in [7, 11) is -2.23. The number of benzene rings is 3. The van der Waals surface area contributed by atoms with Crippen LogP contribution in [0.1, 0.15) is 11.1 Å². The molecule has 3 nitrogen and oxygen atoms in total. The van der Waals surface area contributed by atoms with Crippen molar-refractivity contribution in [3.63, 3.8) is 0 Å². The molecule has 0 saturated carbocycles. The molecule has 0 spiro atoms. The van der Waals surface area contributed by atoms with Crippen molar-refractivity contribution in [2.45, 2.75) is 12.4 Å². The quantitative estimate of drug-likeness (QED) is 0.290. The molecule has 0 atom stereocenters. The van der Waals surface area contributed by atoms with Gasteiger partial charge in [-0.05, 0) is 60.7 Å². The van der Waals surface area contributed by atoms with Crippen molar-refractivity contribution in [3.05, 3.63) is 90.0 Å². The molecule has 10 heteroatoms. The molecule has 0 aliphatic carbocycles. The van der Waals surface area contributed by atoms with Gasteiger partial charge in [0.05, 0.1) is 11.1 Å². The zero-order valence-corrected chi connectivity index (χ0v) is 15.8. The predicted molar refractivity (Wildman–Crippen MR) is 98.1 cm³/mol. The lowest BCUT2D eigenvalue weighted by Gasteiger charge is -2.18. The van der Waals surface area contributed by atoms with E-state index in [0.29, 0.717) is 5.75 Å². The van der Waals surface area contributed by atoms with E-state index in [1.807, 2.05) is 0 Å². The van der Waals surface area contributed by atoms with Crippen LogP contribution in [0.4, 0.5) is 26.3 Å². The number of alkyl halides is 6. The van der Waals surface area contributed by atoms with Gasteiger partial charge >= 0.3 is 21.0 Å². The topological polar surface area (TPSA) is 27.7 Å². The largest absolute Gasteiger partial charge is 0.530 e. The average Bonchev–Trinajstić information content (AvgIpc) is 2.68. The second kappa shape index (κ2) is 8.83. The van der Waals surface area contributed by atoms with E-state index in [1.165, 1.54) is 0 Å². The Morgan fingerprint density at radius 3 is 1.13 bits per heavy atom. The van der Waals surface area contributed by atoms with Gasteiger partial charge in [0.1, 0.15) is 17.2 Å². The fourth-order valence-corrected chi connectivity index (χ4v) is 3.20. The molecule has 0 aliphatic heterocycles. The highest BCUT2D eigenvalue weighted by Crippen LogP contribution is 2.43. The van der Waals surface area contributed by atoms with Crippen molar-refractivity contribution in [2.24, 2.45) is 0 Å². The molecule has 0 N–H and O–H groups in total. The molecule has 158 valence electrons. The van der Waals surface area contributed by atoms with Gasteiger partial charge in [-0.2, -0.15) is 26.3 Å². The van der Waals surface area contributed by atoms with Gasteiger partial charge in [0.2, 0.25) is 0 Å². The second-order valence-electron chi connectivity index (χ2n) is 5.85. The minimum atomic E-state index is -4.50. The number of rotatable bonds is 6. The van der Waals surface area contributed by atoms with Crippen LogP contribution in [-0.4, -0.2) is 0 Å². The summed E-state index contributed by atoms with van der Waals surface area (Å²) < 4.78 is 92.9. The fourth-order valence-electron chi connectivity index (χ4n) is 2.21. The Labute approximate surface area is 168 Å². The number of hydrogen-bond acceptors (Lipinski definition) is 3. The molecule has 0 radical (unpaired) electrons. The van der Waals surface area contributed by atoms with Crippen molar-refractivity contribution < 1.29 is 39.9 Å². The minimum Gasteiger partial charge on any atom is -0.409 e. The molecule has 30 heavy (non-hydrogen) atoms. The Bertz CT molecular complexity index is 882. The third kappa shape index (κ3) is 6.03. The Morgan fingerprint density at radius 2 is 0.800 bits per heavy atom. The van der Waals surface area contributed by atoms with Crippen LogP contribution in [0.5, 0.6) is 17.2 Å². The van der Waals surface area contributed by atoms with Crippen LogP contribution in [0.15, 0.2) is 78.9 Å². The van der Waals surface area contributed by atoms with Gasteiger partial charge in [-0.25, -0.2) is 0 Å². The number of para-hydroxylation sites is 1. The summed E-state index contributed by atoms with van der Waals surface area (Å²) in [6.07, 6.45) is -9.00. The lowest BCUT2D eigenvalue weighted by molar-refractivity contribution is -0.138. The molecule has 0 heterocycles. The molecule has 0 amide bonds. The van der Waals surface area contributed by atoms with Gasteiger partial charge in [0, 0.05) is 0 Å². The monoisotopic (exact) mass is 446 g/mol. The maximum absolute atomic E-state index is 12.7. The first kappa shape index (κ1) is 21.8. The summed E-state index contributed by atoms with van der Waals surface area (Å²) in [5.74, 6) is 0.427. The van der Waals surface area contributed by atoms with E-state index in [2.05, 4.69) is 0 Å². The van der Waals surface area contributed by atoms with E-state index in [1.54, 1.807) is 30.3 Å². The van der Waals surface area contributed by atoms with Crippen molar-refractivity contribution >= 4 is 8.60 Å². The normalized spacial score (nSPS) is 12.0. The molecule has 0 fully saturated rings. The molecular formula is C20H13F6O3P. The standard InChI is InChI=1S/C20H13F6O3P/c21-19(22,23)14-6-10-17(11-7-14)28-30(27-16-4-2-1-3-5-16)29-18-12-8-15(9-13-18)20(24,25)26/h1-13H. The summed E-state index contributed by atoms with van der Waals surface area (Å²) >= 11 is 0. The zero-order valence-electron chi connectivity index (χ0n) is 14.9. The van der Waals surface area contributed by atoms with Crippen LogP contribution in [0.3, 0.4) is 0 Å². The minimum absolute atomic E-state index is 0.0388.